The number of pyridine rings is 1. The third-order valence-corrected chi connectivity index (χ3v) is 5.27. The Morgan fingerprint density at radius 3 is 2.86 bits per heavy atom. The van der Waals surface area contributed by atoms with Gasteiger partial charge in [0.1, 0.15) is 0 Å². The van der Waals surface area contributed by atoms with Crippen LogP contribution in [0.4, 0.5) is 0 Å². The zero-order valence-electron chi connectivity index (χ0n) is 13.1. The Morgan fingerprint density at radius 1 is 1.38 bits per heavy atom. The maximum absolute atomic E-state index is 12.5. The Kier molecular flexibility index (Phi) is 3.98. The molecule has 2 atom stereocenters. The summed E-state index contributed by atoms with van der Waals surface area (Å²) in [6.45, 7) is 3.16. The van der Waals surface area contributed by atoms with Crippen LogP contribution in [0.25, 0.3) is 0 Å². The molecule has 2 heterocycles. The number of likely N-dealkylation sites (tertiary alicyclic amines) is 1. The molecular weight excluding hydrogens is 262 g/mol. The average Bonchev–Trinajstić information content (AvgIpc) is 3.07. The lowest BCUT2D eigenvalue weighted by Gasteiger charge is -2.32. The number of aromatic nitrogens is 1. The topological polar surface area (TPSA) is 36.4 Å². The average molecular weight is 287 g/mol. The largest absolute Gasteiger partial charge is 0.349 e. The Hall–Kier alpha value is -1.42. The molecule has 2 aliphatic rings. The van der Waals surface area contributed by atoms with Crippen molar-refractivity contribution in [1.29, 1.82) is 0 Å². The van der Waals surface area contributed by atoms with Gasteiger partial charge < -0.3 is 4.90 Å². The van der Waals surface area contributed by atoms with Crippen LogP contribution in [0.1, 0.15) is 31.2 Å². The van der Waals surface area contributed by atoms with E-state index in [0.29, 0.717) is 5.91 Å². The molecule has 1 aromatic heterocycles. The molecule has 0 bridgehead atoms. The van der Waals surface area contributed by atoms with Crippen LogP contribution in [0, 0.1) is 11.3 Å². The molecule has 0 radical (unpaired) electrons. The van der Waals surface area contributed by atoms with Gasteiger partial charge in [-0.3, -0.25) is 14.7 Å². The fraction of sp³-hybridized carbons (Fsp3) is 0.647. The van der Waals surface area contributed by atoms with Crippen molar-refractivity contribution in [3.05, 3.63) is 30.1 Å². The predicted molar refractivity (Wildman–Crippen MR) is 82.6 cm³/mol. The van der Waals surface area contributed by atoms with E-state index in [2.05, 4.69) is 22.0 Å². The van der Waals surface area contributed by atoms with Crippen LogP contribution in [0.2, 0.25) is 0 Å². The Bertz CT molecular complexity index is 502. The van der Waals surface area contributed by atoms with Gasteiger partial charge in [-0.15, -0.1) is 0 Å². The second-order valence-corrected chi connectivity index (χ2v) is 6.86. The summed E-state index contributed by atoms with van der Waals surface area (Å²) in [6.07, 6.45) is 8.37. The SMILES string of the molecule is CN(C)C(=O)[C@H]1CCC[C@]12CCN(Cc1ccncc1)C2. The third kappa shape index (κ3) is 2.82. The van der Waals surface area contributed by atoms with Crippen LogP contribution < -0.4 is 0 Å². The van der Waals surface area contributed by atoms with E-state index in [1.165, 1.54) is 24.8 Å². The molecular formula is C17H25N3O. The van der Waals surface area contributed by atoms with E-state index in [0.717, 1.165) is 26.1 Å². The summed E-state index contributed by atoms with van der Waals surface area (Å²) in [4.78, 5) is 20.8. The van der Waals surface area contributed by atoms with Crippen LogP contribution in [-0.4, -0.2) is 47.9 Å². The summed E-state index contributed by atoms with van der Waals surface area (Å²) in [5.74, 6) is 0.563. The second kappa shape index (κ2) is 5.76. The summed E-state index contributed by atoms with van der Waals surface area (Å²) < 4.78 is 0. The summed E-state index contributed by atoms with van der Waals surface area (Å²) in [7, 11) is 3.77. The van der Waals surface area contributed by atoms with E-state index in [1.54, 1.807) is 4.90 Å². The maximum atomic E-state index is 12.5. The molecule has 3 rings (SSSR count). The highest BCUT2D eigenvalue weighted by atomic mass is 16.2. The first-order valence-corrected chi connectivity index (χ1v) is 7.93. The lowest BCUT2D eigenvalue weighted by atomic mass is 9.76. The quantitative estimate of drug-likeness (QED) is 0.855. The minimum absolute atomic E-state index is 0.231. The van der Waals surface area contributed by atoms with E-state index in [9.17, 15) is 4.79 Å². The number of carbonyl (C=O) groups is 1. The van der Waals surface area contributed by atoms with E-state index in [4.69, 9.17) is 0 Å². The molecule has 2 fully saturated rings. The lowest BCUT2D eigenvalue weighted by Crippen LogP contribution is -2.40. The molecule has 1 aromatic rings. The molecule has 4 heteroatoms. The molecule has 1 spiro atoms. The summed E-state index contributed by atoms with van der Waals surface area (Å²) in [6, 6.07) is 4.17. The van der Waals surface area contributed by atoms with Crippen molar-refractivity contribution in [3.63, 3.8) is 0 Å². The first-order valence-electron chi connectivity index (χ1n) is 7.93. The molecule has 114 valence electrons. The zero-order chi connectivity index (χ0) is 14.9. The van der Waals surface area contributed by atoms with Crippen molar-refractivity contribution in [3.8, 4) is 0 Å². The molecule has 1 saturated carbocycles. The van der Waals surface area contributed by atoms with Gasteiger partial charge >= 0.3 is 0 Å². The third-order valence-electron chi connectivity index (χ3n) is 5.27. The smallest absolute Gasteiger partial charge is 0.225 e. The standard InChI is InChI=1S/C17H25N3O/c1-19(2)16(21)15-4-3-7-17(15)8-11-20(13-17)12-14-5-9-18-10-6-14/h5-6,9-10,15H,3-4,7-8,11-13H2,1-2H3/t15-,17-/m1/s1. The Morgan fingerprint density at radius 2 is 2.14 bits per heavy atom. The summed E-state index contributed by atoms with van der Waals surface area (Å²) in [5, 5.41) is 0. The molecule has 1 saturated heterocycles. The molecule has 1 aliphatic heterocycles. The number of carbonyl (C=O) groups excluding carboxylic acids is 1. The molecule has 1 aliphatic carbocycles. The molecule has 21 heavy (non-hydrogen) atoms. The van der Waals surface area contributed by atoms with Gasteiger partial charge in [0.05, 0.1) is 0 Å². The van der Waals surface area contributed by atoms with Crippen LogP contribution in [0.15, 0.2) is 24.5 Å². The zero-order valence-corrected chi connectivity index (χ0v) is 13.1. The Balaban J connectivity index is 1.69. The number of amides is 1. The normalized spacial score (nSPS) is 29.1. The van der Waals surface area contributed by atoms with Crippen LogP contribution in [0.5, 0.6) is 0 Å². The number of rotatable bonds is 3. The minimum Gasteiger partial charge on any atom is -0.349 e. The van der Waals surface area contributed by atoms with Crippen molar-refractivity contribution < 1.29 is 4.79 Å². The molecule has 0 aromatic carbocycles. The number of nitrogens with zero attached hydrogens (tertiary/aromatic N) is 3. The van der Waals surface area contributed by atoms with E-state index >= 15 is 0 Å². The summed E-state index contributed by atoms with van der Waals surface area (Å²) in [5.41, 5.74) is 1.55. The molecule has 0 N–H and O–H groups in total. The highest BCUT2D eigenvalue weighted by molar-refractivity contribution is 5.79. The first-order chi connectivity index (χ1) is 10.1. The van der Waals surface area contributed by atoms with E-state index < -0.39 is 0 Å². The van der Waals surface area contributed by atoms with Crippen LogP contribution in [0.3, 0.4) is 0 Å². The van der Waals surface area contributed by atoms with Crippen molar-refractivity contribution >= 4 is 5.91 Å². The van der Waals surface area contributed by atoms with Gasteiger partial charge in [-0.2, -0.15) is 0 Å². The highest BCUT2D eigenvalue weighted by Gasteiger charge is 2.50. The molecule has 1 amide bonds. The van der Waals surface area contributed by atoms with Gasteiger partial charge in [0, 0.05) is 45.5 Å². The minimum atomic E-state index is 0.231. The fourth-order valence-electron chi connectivity index (χ4n) is 4.19. The molecule has 0 unspecified atom stereocenters. The van der Waals surface area contributed by atoms with Crippen molar-refractivity contribution in [2.75, 3.05) is 27.2 Å². The van der Waals surface area contributed by atoms with E-state index in [1.807, 2.05) is 26.5 Å². The van der Waals surface area contributed by atoms with Gasteiger partial charge in [0.25, 0.3) is 0 Å². The van der Waals surface area contributed by atoms with Crippen molar-refractivity contribution in [1.82, 2.24) is 14.8 Å². The molecule has 4 nitrogen and oxygen atoms in total. The van der Waals surface area contributed by atoms with Crippen molar-refractivity contribution in [2.24, 2.45) is 11.3 Å². The fourth-order valence-corrected chi connectivity index (χ4v) is 4.19. The van der Waals surface area contributed by atoms with Gasteiger partial charge in [0.15, 0.2) is 0 Å². The van der Waals surface area contributed by atoms with Gasteiger partial charge in [-0.05, 0) is 48.9 Å². The van der Waals surface area contributed by atoms with E-state index in [-0.39, 0.29) is 11.3 Å². The van der Waals surface area contributed by atoms with Crippen LogP contribution >= 0.6 is 0 Å². The highest BCUT2D eigenvalue weighted by Crippen LogP contribution is 2.50. The predicted octanol–water partition coefficient (Wildman–Crippen LogP) is 2.16. The van der Waals surface area contributed by atoms with Crippen LogP contribution in [-0.2, 0) is 11.3 Å². The maximum Gasteiger partial charge on any atom is 0.225 e. The number of hydrogen-bond acceptors (Lipinski definition) is 3. The second-order valence-electron chi connectivity index (χ2n) is 6.86. The van der Waals surface area contributed by atoms with Crippen molar-refractivity contribution in [2.45, 2.75) is 32.2 Å². The number of hydrogen-bond donors (Lipinski definition) is 0. The lowest BCUT2D eigenvalue weighted by molar-refractivity contribution is -0.136. The first kappa shape index (κ1) is 14.5. The van der Waals surface area contributed by atoms with Gasteiger partial charge in [-0.25, -0.2) is 0 Å². The monoisotopic (exact) mass is 287 g/mol. The van der Waals surface area contributed by atoms with Gasteiger partial charge in [-0.1, -0.05) is 6.42 Å². The summed E-state index contributed by atoms with van der Waals surface area (Å²) >= 11 is 0. The Labute approximate surface area is 127 Å². The van der Waals surface area contributed by atoms with Gasteiger partial charge in [0.2, 0.25) is 5.91 Å².